The lowest BCUT2D eigenvalue weighted by molar-refractivity contribution is 0.858. The van der Waals surface area contributed by atoms with Gasteiger partial charge in [-0.1, -0.05) is 110 Å². The van der Waals surface area contributed by atoms with E-state index in [2.05, 4.69) is 156 Å². The van der Waals surface area contributed by atoms with Crippen molar-refractivity contribution in [3.63, 3.8) is 0 Å². The Morgan fingerprint density at radius 3 is 1.40 bits per heavy atom. The molecule has 228 valence electrons. The first-order valence-electron chi connectivity index (χ1n) is 17.2. The largest absolute Gasteiger partial charge is 0.315 e. The summed E-state index contributed by atoms with van der Waals surface area (Å²) in [5.41, 5.74) is 17.9. The van der Waals surface area contributed by atoms with Gasteiger partial charge in [-0.15, -0.1) is 0 Å². The van der Waals surface area contributed by atoms with E-state index in [9.17, 15) is 0 Å². The van der Waals surface area contributed by atoms with E-state index in [0.717, 1.165) is 12.8 Å². The highest BCUT2D eigenvalue weighted by Crippen LogP contribution is 2.48. The summed E-state index contributed by atoms with van der Waals surface area (Å²) in [5, 5.41) is 0. The van der Waals surface area contributed by atoms with E-state index in [1.165, 1.54) is 72.8 Å². The number of fused-ring (bicyclic) bond motifs is 4. The lowest BCUT2D eigenvalue weighted by Crippen LogP contribution is -2.57. The summed E-state index contributed by atoms with van der Waals surface area (Å²) in [7, 11) is 0. The van der Waals surface area contributed by atoms with Crippen LogP contribution in [-0.2, 0) is 0 Å². The molecule has 4 aromatic rings. The molecule has 0 aromatic heterocycles. The molecular weight excluding hydrogens is 543 g/mol. The van der Waals surface area contributed by atoms with Crippen LogP contribution >= 0.6 is 0 Å². The number of hydrogen-bond acceptors (Lipinski definition) is 2. The third kappa shape index (κ3) is 4.96. The zero-order chi connectivity index (χ0) is 31.6. The Bertz CT molecular complexity index is 1800. The van der Waals surface area contributed by atoms with Crippen molar-refractivity contribution in [1.29, 1.82) is 0 Å². The second kappa shape index (κ2) is 11.4. The smallest absolute Gasteiger partial charge is 0.251 e. The van der Waals surface area contributed by atoms with Crippen molar-refractivity contribution in [3.05, 3.63) is 130 Å². The summed E-state index contributed by atoms with van der Waals surface area (Å²) >= 11 is 0. The van der Waals surface area contributed by atoms with Gasteiger partial charge in [0.2, 0.25) is 0 Å². The molecule has 2 nitrogen and oxygen atoms in total. The molecule has 3 aliphatic rings. The number of allylic oxidation sites excluding steroid dienone is 3. The summed E-state index contributed by atoms with van der Waals surface area (Å²) in [6.45, 7) is 18.6. The Hall–Kier alpha value is -3.98. The Morgan fingerprint density at radius 1 is 0.511 bits per heavy atom. The third-order valence-corrected chi connectivity index (χ3v) is 10.3. The first-order valence-corrected chi connectivity index (χ1v) is 17.2. The van der Waals surface area contributed by atoms with Gasteiger partial charge in [0.15, 0.2) is 0 Å². The molecule has 4 aromatic carbocycles. The number of nitrogens with zero attached hydrogens (tertiary/aromatic N) is 2. The van der Waals surface area contributed by atoms with Crippen LogP contribution in [0.5, 0.6) is 0 Å². The van der Waals surface area contributed by atoms with Gasteiger partial charge < -0.3 is 9.80 Å². The summed E-state index contributed by atoms with van der Waals surface area (Å²) in [6, 6.07) is 33.2. The lowest BCUT2D eigenvalue weighted by Gasteiger charge is -2.47. The van der Waals surface area contributed by atoms with Gasteiger partial charge >= 0.3 is 0 Å². The van der Waals surface area contributed by atoms with E-state index in [4.69, 9.17) is 0 Å². The van der Waals surface area contributed by atoms with Gasteiger partial charge in [0, 0.05) is 34.1 Å². The minimum atomic E-state index is 0.200. The SMILES string of the molecule is CC(C)c1ccc(N2C3=CCCC4=C3B(c3cc(C(C)C)ccc32)c2cc(C(C)C)ccc2N4c2ccc(C(C)C)cc2)cc1. The van der Waals surface area contributed by atoms with E-state index in [1.54, 1.807) is 0 Å². The molecule has 45 heavy (non-hydrogen) atoms. The second-order valence-corrected chi connectivity index (χ2v) is 14.5. The standard InChI is InChI=1S/C42H47BN2/c1-26(2)30-12-18-34(19-13-30)44-38-22-16-32(28(5)6)24-36(38)43-37-25-33(29(7)8)17-23-39(37)45(41-11-9-10-40(44)42(41)43)35-20-14-31(15-21-35)27(3)4/h10,12-29H,9,11H2,1-8H3. The highest BCUT2D eigenvalue weighted by atomic mass is 15.2. The maximum atomic E-state index is 2.60. The predicted octanol–water partition coefficient (Wildman–Crippen LogP) is 10.6. The number of anilines is 4. The number of hydrogen-bond donors (Lipinski definition) is 0. The number of rotatable bonds is 6. The topological polar surface area (TPSA) is 6.48 Å². The average Bonchev–Trinajstić information content (AvgIpc) is 3.04. The van der Waals surface area contributed by atoms with E-state index in [1.807, 2.05) is 0 Å². The Labute approximate surface area is 271 Å². The van der Waals surface area contributed by atoms with Crippen molar-refractivity contribution in [1.82, 2.24) is 0 Å². The van der Waals surface area contributed by atoms with Gasteiger partial charge in [-0.2, -0.15) is 0 Å². The first kappa shape index (κ1) is 29.7. The van der Waals surface area contributed by atoms with Gasteiger partial charge in [0.05, 0.1) is 0 Å². The highest BCUT2D eigenvalue weighted by Gasteiger charge is 2.46. The molecule has 2 aliphatic heterocycles. The van der Waals surface area contributed by atoms with E-state index in [-0.39, 0.29) is 6.71 Å². The summed E-state index contributed by atoms with van der Waals surface area (Å²) < 4.78 is 0. The van der Waals surface area contributed by atoms with Gasteiger partial charge in [0.1, 0.15) is 0 Å². The summed E-state index contributed by atoms with van der Waals surface area (Å²) in [6.07, 6.45) is 4.58. The number of benzene rings is 4. The maximum absolute atomic E-state index is 2.60. The second-order valence-electron chi connectivity index (χ2n) is 14.5. The minimum absolute atomic E-state index is 0.200. The molecule has 0 radical (unpaired) electrons. The van der Waals surface area contributed by atoms with Crippen molar-refractivity contribution in [2.45, 2.75) is 91.9 Å². The molecular formula is C42H47BN2. The van der Waals surface area contributed by atoms with Crippen molar-refractivity contribution < 1.29 is 0 Å². The van der Waals surface area contributed by atoms with Gasteiger partial charge in [-0.3, -0.25) is 0 Å². The van der Waals surface area contributed by atoms with Crippen LogP contribution in [0, 0.1) is 0 Å². The van der Waals surface area contributed by atoms with Crippen LogP contribution in [0.15, 0.2) is 108 Å². The Morgan fingerprint density at radius 2 is 0.933 bits per heavy atom. The maximum Gasteiger partial charge on any atom is 0.251 e. The lowest BCUT2D eigenvalue weighted by atomic mass is 9.32. The van der Waals surface area contributed by atoms with Crippen molar-refractivity contribution >= 4 is 40.4 Å². The van der Waals surface area contributed by atoms with Gasteiger partial charge in [-0.25, -0.2) is 0 Å². The molecule has 0 atom stereocenters. The van der Waals surface area contributed by atoms with Crippen LogP contribution in [0.1, 0.15) is 114 Å². The van der Waals surface area contributed by atoms with E-state index < -0.39 is 0 Å². The molecule has 0 saturated heterocycles. The fraction of sp³-hybridized carbons (Fsp3) is 0.333. The van der Waals surface area contributed by atoms with Crippen LogP contribution in [0.4, 0.5) is 22.7 Å². The fourth-order valence-electron chi connectivity index (χ4n) is 7.57. The zero-order valence-corrected chi connectivity index (χ0v) is 28.4. The van der Waals surface area contributed by atoms with Crippen molar-refractivity contribution in [2.24, 2.45) is 0 Å². The van der Waals surface area contributed by atoms with Crippen LogP contribution in [0.3, 0.4) is 0 Å². The van der Waals surface area contributed by atoms with Crippen LogP contribution < -0.4 is 20.7 Å². The molecule has 0 unspecified atom stereocenters. The molecule has 0 spiro atoms. The van der Waals surface area contributed by atoms with Crippen LogP contribution in [0.2, 0.25) is 0 Å². The normalized spacial score (nSPS) is 15.6. The summed E-state index contributed by atoms with van der Waals surface area (Å²) in [4.78, 5) is 5.16. The quantitative estimate of drug-likeness (QED) is 0.206. The van der Waals surface area contributed by atoms with Crippen molar-refractivity contribution in [3.8, 4) is 0 Å². The molecule has 2 heterocycles. The minimum Gasteiger partial charge on any atom is -0.315 e. The highest BCUT2D eigenvalue weighted by molar-refractivity contribution is 6.94. The van der Waals surface area contributed by atoms with Gasteiger partial charge in [-0.05, 0) is 112 Å². The molecule has 0 N–H and O–H groups in total. The molecule has 0 saturated carbocycles. The van der Waals surface area contributed by atoms with E-state index >= 15 is 0 Å². The molecule has 0 amide bonds. The van der Waals surface area contributed by atoms with Gasteiger partial charge in [0.25, 0.3) is 6.71 Å². The van der Waals surface area contributed by atoms with Crippen LogP contribution in [-0.4, -0.2) is 6.71 Å². The van der Waals surface area contributed by atoms with Crippen molar-refractivity contribution in [2.75, 3.05) is 9.80 Å². The molecule has 7 rings (SSSR count). The predicted molar refractivity (Wildman–Crippen MR) is 196 cm³/mol. The monoisotopic (exact) mass is 590 g/mol. The Balaban J connectivity index is 1.52. The van der Waals surface area contributed by atoms with Crippen LogP contribution in [0.25, 0.3) is 0 Å². The first-order chi connectivity index (χ1) is 21.6. The molecule has 0 fully saturated rings. The summed E-state index contributed by atoms with van der Waals surface area (Å²) in [5.74, 6) is 1.95. The molecule has 3 heteroatoms. The molecule has 0 bridgehead atoms. The Kier molecular flexibility index (Phi) is 7.55. The molecule has 1 aliphatic carbocycles. The zero-order valence-electron chi connectivity index (χ0n) is 28.4. The average molecular weight is 591 g/mol. The van der Waals surface area contributed by atoms with E-state index in [0.29, 0.717) is 23.7 Å². The fourth-order valence-corrected chi connectivity index (χ4v) is 7.57. The third-order valence-electron chi connectivity index (χ3n) is 10.3.